The zero-order valence-corrected chi connectivity index (χ0v) is 24.9. The van der Waals surface area contributed by atoms with E-state index in [2.05, 4.69) is 45.3 Å². The molecular weight excluding hydrogens is 584 g/mol. The lowest BCUT2D eigenvalue weighted by Gasteiger charge is -2.05. The molecule has 0 atom stereocenters. The highest BCUT2D eigenvalue weighted by Crippen LogP contribution is 2.27. The van der Waals surface area contributed by atoms with Gasteiger partial charge in [-0.3, -0.25) is 19.7 Å². The molecule has 0 saturated carbocycles. The lowest BCUT2D eigenvalue weighted by Crippen LogP contribution is -2.27. The summed E-state index contributed by atoms with van der Waals surface area (Å²) >= 11 is 0. The summed E-state index contributed by atoms with van der Waals surface area (Å²) in [7, 11) is 3.20. The standard InChI is InChI=1S/C19H17N5O2.C14H11N5O/c1-26-9-8-21-19(25)17-4-2-12(10-22-17)15-5-3-13-14-11-20-7-6-16(14)24-18(13)23-15;1-20-9-6-16-19(8-9)13-3-2-10-11-7-15-5-4-12(11)17-14(10)18-13/h2-7,10-11H,8-9H2,1H3,(H,21,25)(H,23,24);2-8H,1H3,(H,17,18). The Balaban J connectivity index is 0.000000152. The van der Waals surface area contributed by atoms with Crippen LogP contribution in [0.25, 0.3) is 60.9 Å². The second kappa shape index (κ2) is 12.4. The van der Waals surface area contributed by atoms with Crippen molar-refractivity contribution in [3.8, 4) is 22.8 Å². The molecule has 0 aliphatic rings. The molecule has 0 fully saturated rings. The van der Waals surface area contributed by atoms with Crippen molar-refractivity contribution in [2.24, 2.45) is 0 Å². The molecular formula is C33H28N10O3. The van der Waals surface area contributed by atoms with Crippen molar-refractivity contribution in [2.75, 3.05) is 27.4 Å². The van der Waals surface area contributed by atoms with Crippen molar-refractivity contribution in [3.05, 3.63) is 97.6 Å². The van der Waals surface area contributed by atoms with E-state index in [1.54, 1.807) is 56.0 Å². The van der Waals surface area contributed by atoms with Crippen LogP contribution in [-0.4, -0.2) is 77.9 Å². The van der Waals surface area contributed by atoms with Crippen molar-refractivity contribution in [2.45, 2.75) is 0 Å². The van der Waals surface area contributed by atoms with Gasteiger partial charge in [0.2, 0.25) is 0 Å². The van der Waals surface area contributed by atoms with Gasteiger partial charge in [-0.1, -0.05) is 0 Å². The molecule has 8 heterocycles. The Kier molecular flexibility index (Phi) is 7.71. The molecule has 0 bridgehead atoms. The number of ether oxygens (including phenoxy) is 2. The number of H-pyrrole nitrogens is 2. The third-order valence-corrected chi connectivity index (χ3v) is 7.42. The Morgan fingerprint density at radius 1 is 0.804 bits per heavy atom. The molecule has 0 aliphatic heterocycles. The molecule has 8 aromatic rings. The number of hydrogen-bond donors (Lipinski definition) is 3. The molecule has 0 saturated heterocycles. The first-order valence-electron chi connectivity index (χ1n) is 14.4. The highest BCUT2D eigenvalue weighted by molar-refractivity contribution is 6.06. The molecule has 13 nitrogen and oxygen atoms in total. The van der Waals surface area contributed by atoms with Gasteiger partial charge in [-0.2, -0.15) is 5.10 Å². The molecule has 0 aromatic carbocycles. The number of fused-ring (bicyclic) bond motifs is 6. The van der Waals surface area contributed by atoms with E-state index in [1.165, 1.54) is 0 Å². The highest BCUT2D eigenvalue weighted by Gasteiger charge is 2.11. The molecule has 46 heavy (non-hydrogen) atoms. The van der Waals surface area contributed by atoms with Gasteiger partial charge < -0.3 is 24.8 Å². The van der Waals surface area contributed by atoms with E-state index in [9.17, 15) is 4.79 Å². The number of nitrogens with zero attached hydrogens (tertiary/aromatic N) is 7. The molecule has 3 N–H and O–H groups in total. The largest absolute Gasteiger partial charge is 0.493 e. The zero-order valence-electron chi connectivity index (χ0n) is 24.9. The first-order chi connectivity index (χ1) is 22.6. The quantitative estimate of drug-likeness (QED) is 0.214. The predicted molar refractivity (Wildman–Crippen MR) is 174 cm³/mol. The van der Waals surface area contributed by atoms with Crippen LogP contribution in [0.15, 0.2) is 91.9 Å². The van der Waals surface area contributed by atoms with Crippen molar-refractivity contribution in [1.29, 1.82) is 0 Å². The topological polar surface area (TPSA) is 161 Å². The van der Waals surface area contributed by atoms with Gasteiger partial charge in [-0.05, 0) is 48.5 Å². The minimum atomic E-state index is -0.222. The number of hydrogen-bond acceptors (Lipinski definition) is 9. The van der Waals surface area contributed by atoms with Crippen molar-refractivity contribution in [3.63, 3.8) is 0 Å². The van der Waals surface area contributed by atoms with Crippen molar-refractivity contribution >= 4 is 49.8 Å². The number of methoxy groups -OCH3 is 2. The fourth-order valence-corrected chi connectivity index (χ4v) is 5.09. The summed E-state index contributed by atoms with van der Waals surface area (Å²) in [5.41, 5.74) is 5.64. The predicted octanol–water partition coefficient (Wildman–Crippen LogP) is 4.85. The first kappa shape index (κ1) is 28.6. The van der Waals surface area contributed by atoms with Crippen LogP contribution >= 0.6 is 0 Å². The molecule has 0 spiro atoms. The van der Waals surface area contributed by atoms with Crippen LogP contribution in [0.5, 0.6) is 5.75 Å². The van der Waals surface area contributed by atoms with Gasteiger partial charge in [0.25, 0.3) is 5.91 Å². The van der Waals surface area contributed by atoms with E-state index >= 15 is 0 Å². The number of pyridine rings is 5. The maximum atomic E-state index is 12.0. The second-order valence-electron chi connectivity index (χ2n) is 10.3. The first-order valence-corrected chi connectivity index (χ1v) is 14.4. The van der Waals surface area contributed by atoms with Gasteiger partial charge in [-0.15, -0.1) is 0 Å². The Morgan fingerprint density at radius 2 is 1.52 bits per heavy atom. The number of aromatic amines is 2. The zero-order chi connectivity index (χ0) is 31.5. The number of carbonyl (C=O) groups is 1. The van der Waals surface area contributed by atoms with Gasteiger partial charge in [0.1, 0.15) is 17.0 Å². The highest BCUT2D eigenvalue weighted by atomic mass is 16.5. The fraction of sp³-hybridized carbons (Fsp3) is 0.121. The smallest absolute Gasteiger partial charge is 0.269 e. The SMILES string of the molecule is COCCNC(=O)c1ccc(-c2ccc3c(n2)[nH]c2ccncc23)cn1.COc1cnn(-c2ccc3c(n2)[nH]c2ccncc23)c1. The molecule has 13 heteroatoms. The van der Waals surface area contributed by atoms with E-state index < -0.39 is 0 Å². The van der Waals surface area contributed by atoms with Crippen LogP contribution in [0.3, 0.4) is 0 Å². The van der Waals surface area contributed by atoms with E-state index in [0.29, 0.717) is 24.6 Å². The van der Waals surface area contributed by atoms with Gasteiger partial charge in [-0.25, -0.2) is 14.6 Å². The Morgan fingerprint density at radius 3 is 2.17 bits per heavy atom. The number of aromatic nitrogens is 9. The summed E-state index contributed by atoms with van der Waals surface area (Å²) in [4.78, 5) is 40.4. The monoisotopic (exact) mass is 612 g/mol. The molecule has 8 rings (SSSR count). The van der Waals surface area contributed by atoms with Gasteiger partial charge in [0.05, 0.1) is 42.8 Å². The molecule has 0 aliphatic carbocycles. The summed E-state index contributed by atoms with van der Waals surface area (Å²) in [6.45, 7) is 0.917. The number of nitrogens with one attached hydrogen (secondary N) is 3. The third kappa shape index (κ3) is 5.57. The molecule has 1 amide bonds. The van der Waals surface area contributed by atoms with E-state index in [0.717, 1.165) is 60.9 Å². The Labute approximate surface area is 261 Å². The van der Waals surface area contributed by atoms with E-state index in [-0.39, 0.29) is 5.91 Å². The molecule has 228 valence electrons. The average molecular weight is 613 g/mol. The van der Waals surface area contributed by atoms with Crippen LogP contribution in [0, 0.1) is 0 Å². The lowest BCUT2D eigenvalue weighted by atomic mass is 10.1. The summed E-state index contributed by atoms with van der Waals surface area (Å²) in [6.07, 6.45) is 12.3. The lowest BCUT2D eigenvalue weighted by molar-refractivity contribution is 0.0932. The minimum Gasteiger partial charge on any atom is -0.493 e. The average Bonchev–Trinajstić information content (AvgIpc) is 3.83. The minimum absolute atomic E-state index is 0.222. The fourth-order valence-electron chi connectivity index (χ4n) is 5.09. The third-order valence-electron chi connectivity index (χ3n) is 7.42. The molecule has 0 radical (unpaired) electrons. The van der Waals surface area contributed by atoms with Crippen LogP contribution in [0.1, 0.15) is 10.5 Å². The van der Waals surface area contributed by atoms with Crippen molar-refractivity contribution < 1.29 is 14.3 Å². The van der Waals surface area contributed by atoms with Crippen LogP contribution in [-0.2, 0) is 4.74 Å². The maximum Gasteiger partial charge on any atom is 0.269 e. The Hall–Kier alpha value is -6.21. The van der Waals surface area contributed by atoms with Crippen LogP contribution < -0.4 is 10.1 Å². The Bertz CT molecular complexity index is 2310. The summed E-state index contributed by atoms with van der Waals surface area (Å²) in [5, 5.41) is 11.2. The number of rotatable bonds is 7. The van der Waals surface area contributed by atoms with Crippen LogP contribution in [0.2, 0.25) is 0 Å². The van der Waals surface area contributed by atoms with E-state index in [1.807, 2.05) is 54.9 Å². The number of carbonyl (C=O) groups excluding carboxylic acids is 1. The van der Waals surface area contributed by atoms with Gasteiger partial charge in [0, 0.05) is 71.7 Å². The van der Waals surface area contributed by atoms with Crippen molar-refractivity contribution in [1.82, 2.24) is 50.0 Å². The van der Waals surface area contributed by atoms with E-state index in [4.69, 9.17) is 9.47 Å². The summed E-state index contributed by atoms with van der Waals surface area (Å²) < 4.78 is 11.7. The maximum absolute atomic E-state index is 12.0. The normalized spacial score (nSPS) is 11.2. The second-order valence-corrected chi connectivity index (χ2v) is 10.3. The molecule has 8 aromatic heterocycles. The van der Waals surface area contributed by atoms with Gasteiger partial charge in [0.15, 0.2) is 11.6 Å². The summed E-state index contributed by atoms with van der Waals surface area (Å²) in [6, 6.07) is 15.3. The summed E-state index contributed by atoms with van der Waals surface area (Å²) in [5.74, 6) is 1.22. The van der Waals surface area contributed by atoms with Gasteiger partial charge >= 0.3 is 0 Å². The number of amides is 1. The molecule has 0 unspecified atom stereocenters. The van der Waals surface area contributed by atoms with Crippen LogP contribution in [0.4, 0.5) is 0 Å².